The summed E-state index contributed by atoms with van der Waals surface area (Å²) in [6.07, 6.45) is 1.86. The molecule has 0 unspecified atom stereocenters. The maximum Gasteiger partial charge on any atom is 0.412 e. The summed E-state index contributed by atoms with van der Waals surface area (Å²) >= 11 is 0.749. The number of rotatable bonds is 7. The molecule has 15 heteroatoms. The molecule has 1 aliphatic rings. The Labute approximate surface area is 271 Å². The van der Waals surface area contributed by atoms with E-state index in [0.717, 1.165) is 36.3 Å². The summed E-state index contributed by atoms with van der Waals surface area (Å²) in [5, 5.41) is 9.49. The molecule has 0 saturated carbocycles. The van der Waals surface area contributed by atoms with E-state index in [0.29, 0.717) is 31.1 Å². The summed E-state index contributed by atoms with van der Waals surface area (Å²) in [7, 11) is 3.48. The SMILES string of the molecule is CN(CC1CCN(c2c(NC(=O)c3nc(-c4c(F)cccc4F)sc3NC(=O)OC(C)(C)C)cnn2C)CC1)C(=O)OC(C)(C)C. The van der Waals surface area contributed by atoms with Gasteiger partial charge in [-0.1, -0.05) is 17.4 Å². The van der Waals surface area contributed by atoms with E-state index in [1.807, 2.05) is 20.8 Å². The van der Waals surface area contributed by atoms with Crippen LogP contribution in [0, 0.1) is 17.6 Å². The van der Waals surface area contributed by atoms with Crippen molar-refractivity contribution in [1.82, 2.24) is 19.7 Å². The fourth-order valence-electron chi connectivity index (χ4n) is 4.97. The molecule has 3 heterocycles. The Morgan fingerprint density at radius 2 is 1.63 bits per heavy atom. The van der Waals surface area contributed by atoms with Crippen LogP contribution < -0.4 is 15.5 Å². The summed E-state index contributed by atoms with van der Waals surface area (Å²) in [4.78, 5) is 46.6. The largest absolute Gasteiger partial charge is 0.444 e. The molecule has 2 aromatic heterocycles. The Kier molecular flexibility index (Phi) is 10.2. The van der Waals surface area contributed by atoms with Crippen LogP contribution in [0.5, 0.6) is 0 Å². The molecule has 250 valence electrons. The molecule has 12 nitrogen and oxygen atoms in total. The molecule has 46 heavy (non-hydrogen) atoms. The number of ether oxygens (including phenoxy) is 2. The third kappa shape index (κ3) is 8.71. The summed E-state index contributed by atoms with van der Waals surface area (Å²) in [6, 6.07) is 3.39. The normalized spacial score (nSPS) is 14.2. The van der Waals surface area contributed by atoms with Crippen molar-refractivity contribution < 1.29 is 32.6 Å². The van der Waals surface area contributed by atoms with Gasteiger partial charge in [0.2, 0.25) is 0 Å². The van der Waals surface area contributed by atoms with Crippen molar-refractivity contribution >= 4 is 45.9 Å². The lowest BCUT2D eigenvalue weighted by molar-refractivity contribution is 0.0266. The van der Waals surface area contributed by atoms with Crippen molar-refractivity contribution in [3.05, 3.63) is 41.7 Å². The van der Waals surface area contributed by atoms with Crippen LogP contribution in [-0.2, 0) is 16.5 Å². The zero-order chi connectivity index (χ0) is 34.0. The number of nitrogens with zero attached hydrogens (tertiary/aromatic N) is 5. The van der Waals surface area contributed by atoms with Gasteiger partial charge in [0.1, 0.15) is 38.5 Å². The van der Waals surface area contributed by atoms with Crippen molar-refractivity contribution in [1.29, 1.82) is 0 Å². The number of hydrogen-bond donors (Lipinski definition) is 2. The van der Waals surface area contributed by atoms with Crippen molar-refractivity contribution in [3.63, 3.8) is 0 Å². The van der Waals surface area contributed by atoms with Gasteiger partial charge in [0, 0.05) is 33.7 Å². The fraction of sp³-hybridized carbons (Fsp3) is 0.516. The minimum Gasteiger partial charge on any atom is -0.444 e. The molecule has 3 aromatic rings. The number of anilines is 3. The maximum absolute atomic E-state index is 14.6. The number of aromatic nitrogens is 3. The van der Waals surface area contributed by atoms with Crippen LogP contribution in [0.1, 0.15) is 64.9 Å². The second kappa shape index (κ2) is 13.6. The number of piperidine rings is 1. The monoisotopic (exact) mass is 661 g/mol. The van der Waals surface area contributed by atoms with Gasteiger partial charge in [-0.3, -0.25) is 14.8 Å². The van der Waals surface area contributed by atoms with Crippen molar-refractivity contribution in [2.45, 2.75) is 65.6 Å². The van der Waals surface area contributed by atoms with Crippen molar-refractivity contribution in [3.8, 4) is 10.6 Å². The number of benzene rings is 1. The van der Waals surface area contributed by atoms with Crippen LogP contribution in [0.2, 0.25) is 0 Å². The van der Waals surface area contributed by atoms with Crippen LogP contribution >= 0.6 is 11.3 Å². The van der Waals surface area contributed by atoms with Crippen LogP contribution in [0.25, 0.3) is 10.6 Å². The molecule has 4 rings (SSSR count). The molecule has 0 aliphatic carbocycles. The topological polar surface area (TPSA) is 131 Å². The Bertz CT molecular complexity index is 1570. The lowest BCUT2D eigenvalue weighted by atomic mass is 9.96. The molecule has 1 aromatic carbocycles. The molecule has 1 aliphatic heterocycles. The smallest absolute Gasteiger partial charge is 0.412 e. The number of carbonyl (C=O) groups is 3. The highest BCUT2D eigenvalue weighted by molar-refractivity contribution is 7.19. The number of halogens is 2. The molecular formula is C31H41F2N7O5S. The third-order valence-electron chi connectivity index (χ3n) is 6.94. The lowest BCUT2D eigenvalue weighted by Gasteiger charge is -2.35. The predicted octanol–water partition coefficient (Wildman–Crippen LogP) is 6.50. The van der Waals surface area contributed by atoms with E-state index in [1.54, 1.807) is 44.4 Å². The van der Waals surface area contributed by atoms with Gasteiger partial charge in [0.25, 0.3) is 5.91 Å². The Morgan fingerprint density at radius 3 is 2.22 bits per heavy atom. The molecular weight excluding hydrogens is 620 g/mol. The molecule has 0 spiro atoms. The predicted molar refractivity (Wildman–Crippen MR) is 172 cm³/mol. The van der Waals surface area contributed by atoms with Gasteiger partial charge in [-0.15, -0.1) is 0 Å². The summed E-state index contributed by atoms with van der Waals surface area (Å²) in [5.41, 5.74) is -1.67. The van der Waals surface area contributed by atoms with E-state index in [9.17, 15) is 23.2 Å². The van der Waals surface area contributed by atoms with E-state index in [-0.39, 0.29) is 27.7 Å². The number of hydrogen-bond acceptors (Lipinski definition) is 9. The fourth-order valence-corrected chi connectivity index (χ4v) is 5.97. The van der Waals surface area contributed by atoms with E-state index in [2.05, 4.69) is 25.6 Å². The van der Waals surface area contributed by atoms with Gasteiger partial charge in [-0.05, 0) is 72.4 Å². The maximum atomic E-state index is 14.6. The first-order chi connectivity index (χ1) is 21.4. The standard InChI is InChI=1S/C31H41F2N7O5S/c1-30(2,3)44-28(42)37-26-23(36-25(46-26)22-19(32)10-9-11-20(22)33)24(41)35-21-16-34-39(8)27(21)40-14-12-18(13-15-40)17-38(7)29(43)45-31(4,5)6/h9-11,16,18H,12-15,17H2,1-8H3,(H,35,41)(H,37,42). The summed E-state index contributed by atoms with van der Waals surface area (Å²) in [5.74, 6) is -1.52. The van der Waals surface area contributed by atoms with E-state index in [4.69, 9.17) is 9.47 Å². The number of thiazole rings is 1. The highest BCUT2D eigenvalue weighted by Crippen LogP contribution is 2.37. The average molecular weight is 662 g/mol. The lowest BCUT2D eigenvalue weighted by Crippen LogP contribution is -2.41. The zero-order valence-electron chi connectivity index (χ0n) is 27.4. The second-order valence-electron chi connectivity index (χ2n) is 13.2. The number of nitrogens with one attached hydrogen (secondary N) is 2. The van der Waals surface area contributed by atoms with Gasteiger partial charge >= 0.3 is 12.2 Å². The van der Waals surface area contributed by atoms with Crippen LogP contribution in [0.4, 0.5) is 34.9 Å². The average Bonchev–Trinajstić information content (AvgIpc) is 3.50. The summed E-state index contributed by atoms with van der Waals surface area (Å²) in [6.45, 7) is 12.4. The number of aryl methyl sites for hydroxylation is 1. The van der Waals surface area contributed by atoms with Crippen LogP contribution in [0.15, 0.2) is 24.4 Å². The quantitative estimate of drug-likeness (QED) is 0.293. The Hall–Kier alpha value is -4.27. The van der Waals surface area contributed by atoms with Gasteiger partial charge < -0.3 is 24.6 Å². The molecule has 2 N–H and O–H groups in total. The van der Waals surface area contributed by atoms with E-state index in [1.165, 1.54) is 12.3 Å². The highest BCUT2D eigenvalue weighted by Gasteiger charge is 2.30. The van der Waals surface area contributed by atoms with Gasteiger partial charge in [0.05, 0.1) is 11.8 Å². The van der Waals surface area contributed by atoms with Gasteiger partial charge in [-0.25, -0.2) is 23.4 Å². The second-order valence-corrected chi connectivity index (χ2v) is 14.2. The van der Waals surface area contributed by atoms with Crippen molar-refractivity contribution in [2.75, 3.05) is 42.2 Å². The minimum atomic E-state index is -0.861. The first-order valence-electron chi connectivity index (χ1n) is 14.9. The van der Waals surface area contributed by atoms with E-state index < -0.39 is 40.4 Å². The summed E-state index contributed by atoms with van der Waals surface area (Å²) < 4.78 is 41.7. The molecule has 0 atom stereocenters. The minimum absolute atomic E-state index is 0.0373. The van der Waals surface area contributed by atoms with E-state index >= 15 is 0 Å². The van der Waals surface area contributed by atoms with Crippen LogP contribution in [0.3, 0.4) is 0 Å². The Balaban J connectivity index is 1.52. The molecule has 0 radical (unpaired) electrons. The molecule has 3 amide bonds. The Morgan fingerprint density at radius 1 is 1.02 bits per heavy atom. The molecule has 1 saturated heterocycles. The van der Waals surface area contributed by atoms with Crippen LogP contribution in [-0.4, -0.2) is 75.6 Å². The first-order valence-corrected chi connectivity index (χ1v) is 15.7. The zero-order valence-corrected chi connectivity index (χ0v) is 28.2. The van der Waals surface area contributed by atoms with Gasteiger partial charge in [-0.2, -0.15) is 5.10 Å². The third-order valence-corrected chi connectivity index (χ3v) is 7.93. The highest BCUT2D eigenvalue weighted by atomic mass is 32.1. The first kappa shape index (κ1) is 34.6. The van der Waals surface area contributed by atoms with Crippen molar-refractivity contribution in [2.24, 2.45) is 13.0 Å². The molecule has 0 bridgehead atoms. The molecule has 1 fully saturated rings. The number of carbonyl (C=O) groups excluding carboxylic acids is 3. The number of amides is 3. The van der Waals surface area contributed by atoms with Gasteiger partial charge in [0.15, 0.2) is 11.5 Å².